The van der Waals surface area contributed by atoms with Gasteiger partial charge < -0.3 is 9.84 Å². The van der Waals surface area contributed by atoms with Crippen LogP contribution in [0.3, 0.4) is 0 Å². The lowest BCUT2D eigenvalue weighted by Gasteiger charge is -2.10. The number of carboxylic acid groups (broad SMARTS) is 1. The van der Waals surface area contributed by atoms with Crippen LogP contribution in [-0.4, -0.2) is 38.4 Å². The molecule has 0 aliphatic heterocycles. The largest absolute Gasteiger partial charge is 0.494 e. The van der Waals surface area contributed by atoms with Crippen LogP contribution >= 0.6 is 0 Å². The van der Waals surface area contributed by atoms with Gasteiger partial charge in [-0.15, -0.1) is 5.10 Å². The molecule has 8 heteroatoms. The molecule has 112 valence electrons. The molecule has 0 spiro atoms. The summed E-state index contributed by atoms with van der Waals surface area (Å²) in [6.45, 7) is 2.15. The standard InChI is InChI=1S/C13H15FN4O3/c1-8(5-12(19)20)7-18-13(15-16-17-18)9-3-4-10(14)11(6-9)21-2/h3-4,6,8H,5,7H2,1-2H3,(H,19,20). The smallest absolute Gasteiger partial charge is 0.303 e. The Bertz CT molecular complexity index is 644. The van der Waals surface area contributed by atoms with Crippen LogP contribution in [0.2, 0.25) is 0 Å². The highest BCUT2D eigenvalue weighted by molar-refractivity contribution is 5.67. The fourth-order valence-corrected chi connectivity index (χ4v) is 1.99. The van der Waals surface area contributed by atoms with Crippen LogP contribution in [0.25, 0.3) is 11.4 Å². The summed E-state index contributed by atoms with van der Waals surface area (Å²) in [6.07, 6.45) is 0.0199. The van der Waals surface area contributed by atoms with Crippen LogP contribution in [0.5, 0.6) is 5.75 Å². The monoisotopic (exact) mass is 294 g/mol. The number of carboxylic acids is 1. The number of tetrazole rings is 1. The summed E-state index contributed by atoms with van der Waals surface area (Å²) in [4.78, 5) is 10.7. The van der Waals surface area contributed by atoms with Gasteiger partial charge in [0.2, 0.25) is 0 Å². The summed E-state index contributed by atoms with van der Waals surface area (Å²) in [5.74, 6) is -0.946. The van der Waals surface area contributed by atoms with Crippen molar-refractivity contribution < 1.29 is 19.0 Å². The zero-order chi connectivity index (χ0) is 15.4. The first kappa shape index (κ1) is 14.9. The van der Waals surface area contributed by atoms with Gasteiger partial charge in [-0.05, 0) is 34.5 Å². The van der Waals surface area contributed by atoms with Crippen molar-refractivity contribution in [2.45, 2.75) is 19.9 Å². The maximum Gasteiger partial charge on any atom is 0.303 e. The highest BCUT2D eigenvalue weighted by Gasteiger charge is 2.15. The number of carbonyl (C=O) groups is 1. The van der Waals surface area contributed by atoms with E-state index in [4.69, 9.17) is 9.84 Å². The van der Waals surface area contributed by atoms with E-state index < -0.39 is 11.8 Å². The first-order valence-corrected chi connectivity index (χ1v) is 6.33. The lowest BCUT2D eigenvalue weighted by atomic mass is 10.1. The summed E-state index contributed by atoms with van der Waals surface area (Å²) in [7, 11) is 1.38. The Morgan fingerprint density at radius 1 is 1.52 bits per heavy atom. The highest BCUT2D eigenvalue weighted by atomic mass is 19.1. The molecule has 2 rings (SSSR count). The quantitative estimate of drug-likeness (QED) is 0.870. The molecule has 1 aromatic carbocycles. The molecule has 21 heavy (non-hydrogen) atoms. The van der Waals surface area contributed by atoms with Crippen molar-refractivity contribution in [3.8, 4) is 17.1 Å². The van der Waals surface area contributed by atoms with Crippen LogP contribution in [0.1, 0.15) is 13.3 Å². The molecule has 0 radical (unpaired) electrons. The molecule has 0 bridgehead atoms. The predicted molar refractivity (Wildman–Crippen MR) is 71.2 cm³/mol. The second-order valence-corrected chi connectivity index (χ2v) is 4.74. The zero-order valence-corrected chi connectivity index (χ0v) is 11.7. The van der Waals surface area contributed by atoms with E-state index in [9.17, 15) is 9.18 Å². The van der Waals surface area contributed by atoms with Gasteiger partial charge in [0, 0.05) is 18.5 Å². The number of rotatable bonds is 6. The van der Waals surface area contributed by atoms with Crippen LogP contribution < -0.4 is 4.74 Å². The second kappa shape index (κ2) is 6.29. The molecule has 1 N–H and O–H groups in total. The van der Waals surface area contributed by atoms with Crippen LogP contribution in [0.4, 0.5) is 4.39 Å². The third kappa shape index (κ3) is 3.53. The van der Waals surface area contributed by atoms with E-state index in [1.165, 1.54) is 23.9 Å². The van der Waals surface area contributed by atoms with Crippen molar-refractivity contribution in [1.82, 2.24) is 20.2 Å². The maximum atomic E-state index is 13.4. The summed E-state index contributed by atoms with van der Waals surface area (Å²) < 4.78 is 19.8. The van der Waals surface area contributed by atoms with E-state index in [-0.39, 0.29) is 18.1 Å². The van der Waals surface area contributed by atoms with E-state index in [1.54, 1.807) is 13.0 Å². The van der Waals surface area contributed by atoms with Crippen molar-refractivity contribution >= 4 is 5.97 Å². The summed E-state index contributed by atoms with van der Waals surface area (Å²) in [5.41, 5.74) is 0.598. The first-order valence-electron chi connectivity index (χ1n) is 6.33. The Hall–Kier alpha value is -2.51. The molecule has 7 nitrogen and oxygen atoms in total. The first-order chi connectivity index (χ1) is 10.0. The van der Waals surface area contributed by atoms with Crippen LogP contribution in [-0.2, 0) is 11.3 Å². The van der Waals surface area contributed by atoms with Gasteiger partial charge in [0.1, 0.15) is 0 Å². The molecule has 0 amide bonds. The number of hydrogen-bond acceptors (Lipinski definition) is 5. The highest BCUT2D eigenvalue weighted by Crippen LogP contribution is 2.25. The Morgan fingerprint density at radius 3 is 2.95 bits per heavy atom. The van der Waals surface area contributed by atoms with E-state index in [0.717, 1.165) is 0 Å². The van der Waals surface area contributed by atoms with Gasteiger partial charge >= 0.3 is 5.97 Å². The average molecular weight is 294 g/mol. The Balaban J connectivity index is 2.25. The van der Waals surface area contributed by atoms with Crippen molar-refractivity contribution in [2.75, 3.05) is 7.11 Å². The Morgan fingerprint density at radius 2 is 2.29 bits per heavy atom. The number of methoxy groups -OCH3 is 1. The number of halogens is 1. The number of benzene rings is 1. The van der Waals surface area contributed by atoms with Gasteiger partial charge in [0.15, 0.2) is 17.4 Å². The van der Waals surface area contributed by atoms with Crippen LogP contribution in [0, 0.1) is 11.7 Å². The normalized spacial score (nSPS) is 12.1. The molecule has 0 saturated carbocycles. The molecule has 0 aliphatic carbocycles. The van der Waals surface area contributed by atoms with E-state index in [1.807, 2.05) is 0 Å². The third-order valence-corrected chi connectivity index (χ3v) is 2.95. The molecular weight excluding hydrogens is 279 g/mol. The molecule has 0 fully saturated rings. The maximum absolute atomic E-state index is 13.4. The lowest BCUT2D eigenvalue weighted by Crippen LogP contribution is -2.14. The van der Waals surface area contributed by atoms with Gasteiger partial charge in [-0.2, -0.15) is 0 Å². The minimum absolute atomic E-state index is 0.0199. The number of aromatic nitrogens is 4. The van der Waals surface area contributed by atoms with Crippen molar-refractivity contribution in [2.24, 2.45) is 5.92 Å². The summed E-state index contributed by atoms with van der Waals surface area (Å²) >= 11 is 0. The minimum Gasteiger partial charge on any atom is -0.494 e. The SMILES string of the molecule is COc1cc(-c2nnnn2CC(C)CC(=O)O)ccc1F. The molecule has 2 aromatic rings. The average Bonchev–Trinajstić information content (AvgIpc) is 2.86. The molecule has 1 atom stereocenters. The molecule has 1 unspecified atom stereocenters. The van der Waals surface area contributed by atoms with Gasteiger partial charge in [0.05, 0.1) is 7.11 Å². The van der Waals surface area contributed by atoms with E-state index in [2.05, 4.69) is 15.5 Å². The van der Waals surface area contributed by atoms with E-state index in [0.29, 0.717) is 17.9 Å². The fourth-order valence-electron chi connectivity index (χ4n) is 1.99. The Labute approximate surface area is 120 Å². The summed E-state index contributed by atoms with van der Waals surface area (Å²) in [6, 6.07) is 4.31. The third-order valence-electron chi connectivity index (χ3n) is 2.95. The minimum atomic E-state index is -0.874. The van der Waals surface area contributed by atoms with Crippen LogP contribution in [0.15, 0.2) is 18.2 Å². The molecular formula is C13H15FN4O3. The number of hydrogen-bond donors (Lipinski definition) is 1. The van der Waals surface area contributed by atoms with Crippen molar-refractivity contribution in [3.05, 3.63) is 24.0 Å². The summed E-state index contributed by atoms with van der Waals surface area (Å²) in [5, 5.41) is 20.1. The molecule has 0 aliphatic rings. The molecule has 1 aromatic heterocycles. The second-order valence-electron chi connectivity index (χ2n) is 4.74. The predicted octanol–water partition coefficient (Wildman–Crippen LogP) is 1.60. The topological polar surface area (TPSA) is 90.1 Å². The molecule has 0 saturated heterocycles. The Kier molecular flexibility index (Phi) is 4.46. The van der Waals surface area contributed by atoms with E-state index >= 15 is 0 Å². The number of nitrogens with zero attached hydrogens (tertiary/aromatic N) is 4. The van der Waals surface area contributed by atoms with Gasteiger partial charge in [-0.25, -0.2) is 9.07 Å². The van der Waals surface area contributed by atoms with Crippen molar-refractivity contribution in [1.29, 1.82) is 0 Å². The lowest BCUT2D eigenvalue weighted by molar-refractivity contribution is -0.138. The molecule has 1 heterocycles. The van der Waals surface area contributed by atoms with Gasteiger partial charge in [-0.3, -0.25) is 4.79 Å². The number of aliphatic carboxylic acids is 1. The van der Waals surface area contributed by atoms with Gasteiger partial charge in [0.25, 0.3) is 0 Å². The fraction of sp³-hybridized carbons (Fsp3) is 0.385. The zero-order valence-electron chi connectivity index (χ0n) is 11.7. The number of ether oxygens (including phenoxy) is 1. The van der Waals surface area contributed by atoms with Crippen molar-refractivity contribution in [3.63, 3.8) is 0 Å². The van der Waals surface area contributed by atoms with Gasteiger partial charge in [-0.1, -0.05) is 6.92 Å².